The number of hydrogen-bond donors (Lipinski definition) is 1. The molecule has 74 valence electrons. The molecule has 4 nitrogen and oxygen atoms in total. The molecule has 0 radical (unpaired) electrons. The van der Waals surface area contributed by atoms with E-state index >= 15 is 0 Å². The average molecular weight is 198 g/mol. The van der Waals surface area contributed by atoms with Crippen molar-refractivity contribution in [2.45, 2.75) is 0 Å². The van der Waals surface area contributed by atoms with Crippen LogP contribution in [-0.4, -0.2) is 9.78 Å². The molecule has 0 amide bonds. The minimum atomic E-state index is 0.584. The predicted octanol–water partition coefficient (Wildman–Crippen LogP) is 1.54. The van der Waals surface area contributed by atoms with Gasteiger partial charge < -0.3 is 5.73 Å². The molecular formula is C11H10N4. The van der Waals surface area contributed by atoms with Gasteiger partial charge in [-0.1, -0.05) is 18.2 Å². The van der Waals surface area contributed by atoms with Crippen molar-refractivity contribution in [3.8, 4) is 17.3 Å². The molecule has 0 aliphatic rings. The lowest BCUT2D eigenvalue weighted by atomic mass is 10.0. The van der Waals surface area contributed by atoms with Crippen LogP contribution in [0.1, 0.15) is 5.56 Å². The van der Waals surface area contributed by atoms with E-state index in [2.05, 4.69) is 11.2 Å². The molecule has 15 heavy (non-hydrogen) atoms. The van der Waals surface area contributed by atoms with Gasteiger partial charge in [0.2, 0.25) is 0 Å². The zero-order chi connectivity index (χ0) is 10.8. The number of anilines is 1. The van der Waals surface area contributed by atoms with Crippen molar-refractivity contribution in [2.24, 2.45) is 7.05 Å². The van der Waals surface area contributed by atoms with E-state index in [-0.39, 0.29) is 0 Å². The molecule has 0 bridgehead atoms. The Balaban J connectivity index is 2.70. The van der Waals surface area contributed by atoms with Crippen molar-refractivity contribution < 1.29 is 0 Å². The van der Waals surface area contributed by atoms with Crippen LogP contribution in [0.3, 0.4) is 0 Å². The Labute approximate surface area is 87.6 Å². The SMILES string of the molecule is Cn1ncc(N)c1-c1ccccc1C#N. The third-order valence-corrected chi connectivity index (χ3v) is 2.27. The second kappa shape index (κ2) is 3.46. The molecule has 0 aliphatic heterocycles. The summed E-state index contributed by atoms with van der Waals surface area (Å²) in [7, 11) is 1.81. The maximum absolute atomic E-state index is 8.98. The van der Waals surface area contributed by atoms with Gasteiger partial charge in [0.05, 0.1) is 29.2 Å². The summed E-state index contributed by atoms with van der Waals surface area (Å²) in [6, 6.07) is 9.48. The van der Waals surface area contributed by atoms with Gasteiger partial charge in [0.1, 0.15) is 0 Å². The molecule has 0 spiro atoms. The maximum Gasteiger partial charge on any atom is 0.0998 e. The number of nitriles is 1. The van der Waals surface area contributed by atoms with Crippen molar-refractivity contribution in [3.05, 3.63) is 36.0 Å². The van der Waals surface area contributed by atoms with Crippen LogP contribution in [0.4, 0.5) is 5.69 Å². The van der Waals surface area contributed by atoms with Crippen molar-refractivity contribution in [3.63, 3.8) is 0 Å². The summed E-state index contributed by atoms with van der Waals surface area (Å²) in [4.78, 5) is 0. The normalized spacial score (nSPS) is 9.87. The standard InChI is InChI=1S/C11H10N4/c1-15-11(10(13)7-14-15)9-5-3-2-4-8(9)6-12/h2-5,7H,13H2,1H3. The van der Waals surface area contributed by atoms with Crippen molar-refractivity contribution in [2.75, 3.05) is 5.73 Å². The Morgan fingerprint density at radius 1 is 1.40 bits per heavy atom. The lowest BCUT2D eigenvalue weighted by molar-refractivity contribution is 0.776. The molecule has 4 heteroatoms. The van der Waals surface area contributed by atoms with Gasteiger partial charge in [-0.3, -0.25) is 4.68 Å². The molecule has 0 atom stereocenters. The fourth-order valence-electron chi connectivity index (χ4n) is 1.57. The lowest BCUT2D eigenvalue weighted by Gasteiger charge is -2.05. The van der Waals surface area contributed by atoms with Gasteiger partial charge in [-0.25, -0.2) is 0 Å². The number of benzene rings is 1. The van der Waals surface area contributed by atoms with Gasteiger partial charge in [0, 0.05) is 12.6 Å². The number of nitrogens with zero attached hydrogens (tertiary/aromatic N) is 3. The molecule has 2 rings (SSSR count). The van der Waals surface area contributed by atoms with E-state index in [0.29, 0.717) is 11.3 Å². The Hall–Kier alpha value is -2.28. The first-order valence-electron chi connectivity index (χ1n) is 4.51. The van der Waals surface area contributed by atoms with E-state index in [0.717, 1.165) is 11.3 Å². The van der Waals surface area contributed by atoms with Crippen LogP contribution in [0.15, 0.2) is 30.5 Å². The van der Waals surface area contributed by atoms with E-state index in [1.54, 1.807) is 24.0 Å². The minimum absolute atomic E-state index is 0.584. The predicted molar refractivity (Wildman–Crippen MR) is 57.8 cm³/mol. The van der Waals surface area contributed by atoms with E-state index in [4.69, 9.17) is 11.0 Å². The fourth-order valence-corrected chi connectivity index (χ4v) is 1.57. The van der Waals surface area contributed by atoms with Gasteiger partial charge in [-0.05, 0) is 6.07 Å². The van der Waals surface area contributed by atoms with Crippen LogP contribution in [-0.2, 0) is 7.05 Å². The first-order chi connectivity index (χ1) is 7.24. The van der Waals surface area contributed by atoms with E-state index in [1.807, 2.05) is 18.2 Å². The average Bonchev–Trinajstić information content (AvgIpc) is 2.59. The van der Waals surface area contributed by atoms with Crippen LogP contribution in [0.25, 0.3) is 11.3 Å². The number of nitrogen functional groups attached to an aromatic ring is 1. The highest BCUT2D eigenvalue weighted by Crippen LogP contribution is 2.27. The fraction of sp³-hybridized carbons (Fsp3) is 0.0909. The van der Waals surface area contributed by atoms with Crippen molar-refractivity contribution in [1.29, 1.82) is 5.26 Å². The summed E-state index contributed by atoms with van der Waals surface area (Å²) in [6.07, 6.45) is 1.59. The monoisotopic (exact) mass is 198 g/mol. The largest absolute Gasteiger partial charge is 0.396 e. The molecule has 0 fully saturated rings. The number of aryl methyl sites for hydroxylation is 1. The summed E-state index contributed by atoms with van der Waals surface area (Å²) in [5.74, 6) is 0. The Morgan fingerprint density at radius 3 is 2.73 bits per heavy atom. The lowest BCUT2D eigenvalue weighted by Crippen LogP contribution is -1.97. The summed E-state index contributed by atoms with van der Waals surface area (Å²) in [5.41, 5.74) is 8.59. The van der Waals surface area contributed by atoms with Crippen LogP contribution >= 0.6 is 0 Å². The second-order valence-corrected chi connectivity index (χ2v) is 3.23. The number of nitrogens with two attached hydrogens (primary N) is 1. The molecular weight excluding hydrogens is 188 g/mol. The van der Waals surface area contributed by atoms with Crippen LogP contribution < -0.4 is 5.73 Å². The van der Waals surface area contributed by atoms with Crippen LogP contribution in [0.2, 0.25) is 0 Å². The van der Waals surface area contributed by atoms with Crippen LogP contribution in [0.5, 0.6) is 0 Å². The molecule has 0 aliphatic carbocycles. The first kappa shape index (κ1) is 9.28. The highest BCUT2D eigenvalue weighted by Gasteiger charge is 2.11. The Bertz CT molecular complexity index is 514. The third-order valence-electron chi connectivity index (χ3n) is 2.27. The molecule has 0 unspecified atom stereocenters. The van der Waals surface area contributed by atoms with Gasteiger partial charge >= 0.3 is 0 Å². The van der Waals surface area contributed by atoms with Crippen molar-refractivity contribution in [1.82, 2.24) is 9.78 Å². The molecule has 2 aromatic rings. The molecule has 1 aromatic carbocycles. The first-order valence-corrected chi connectivity index (χ1v) is 4.51. The topological polar surface area (TPSA) is 67.6 Å². The molecule has 1 aromatic heterocycles. The molecule has 1 heterocycles. The van der Waals surface area contributed by atoms with E-state index in [9.17, 15) is 0 Å². The summed E-state index contributed by atoms with van der Waals surface area (Å²) >= 11 is 0. The highest BCUT2D eigenvalue weighted by atomic mass is 15.3. The highest BCUT2D eigenvalue weighted by molar-refractivity contribution is 5.76. The van der Waals surface area contributed by atoms with Gasteiger partial charge in [0.25, 0.3) is 0 Å². The Kier molecular flexibility index (Phi) is 2.14. The number of hydrogen-bond acceptors (Lipinski definition) is 3. The molecule has 0 saturated carbocycles. The number of rotatable bonds is 1. The summed E-state index contributed by atoms with van der Waals surface area (Å²) in [6.45, 7) is 0. The summed E-state index contributed by atoms with van der Waals surface area (Å²) in [5, 5.41) is 13.0. The zero-order valence-corrected chi connectivity index (χ0v) is 8.31. The third kappa shape index (κ3) is 1.44. The molecule has 2 N–H and O–H groups in total. The molecule has 0 saturated heterocycles. The van der Waals surface area contributed by atoms with Gasteiger partial charge in [-0.15, -0.1) is 0 Å². The quantitative estimate of drug-likeness (QED) is 0.755. The maximum atomic E-state index is 8.98. The summed E-state index contributed by atoms with van der Waals surface area (Å²) < 4.78 is 1.67. The van der Waals surface area contributed by atoms with Crippen LogP contribution in [0, 0.1) is 11.3 Å². The van der Waals surface area contributed by atoms with E-state index in [1.165, 1.54) is 0 Å². The second-order valence-electron chi connectivity index (χ2n) is 3.23. The zero-order valence-electron chi connectivity index (χ0n) is 8.31. The minimum Gasteiger partial charge on any atom is -0.396 e. The number of aromatic nitrogens is 2. The van der Waals surface area contributed by atoms with Gasteiger partial charge in [-0.2, -0.15) is 10.4 Å². The Morgan fingerprint density at radius 2 is 2.13 bits per heavy atom. The van der Waals surface area contributed by atoms with Gasteiger partial charge in [0.15, 0.2) is 0 Å². The van der Waals surface area contributed by atoms with Crippen molar-refractivity contribution >= 4 is 5.69 Å². The van der Waals surface area contributed by atoms with E-state index < -0.39 is 0 Å². The smallest absolute Gasteiger partial charge is 0.0998 e.